The topological polar surface area (TPSA) is 112 Å². The van der Waals surface area contributed by atoms with Crippen LogP contribution >= 0.6 is 12.2 Å². The quantitative estimate of drug-likeness (QED) is 0.299. The predicted octanol–water partition coefficient (Wildman–Crippen LogP) is 2.91. The van der Waals surface area contributed by atoms with Gasteiger partial charge >= 0.3 is 5.97 Å². The van der Waals surface area contributed by atoms with E-state index in [0.717, 1.165) is 5.69 Å². The normalized spacial score (nSPS) is 10.8. The standard InChI is InChI=1S/C19H17N5O3S/c1-12-16(17(25)24(23-12)15-5-3-2-4-6-15)11-20-22-19(28)21-14-9-7-13(8-10-14)18(26)27/h2-11,25H,1H3,(H,26,27)(H2,21,22,28)/b20-11+. The molecule has 0 radical (unpaired) electrons. The number of rotatable bonds is 5. The molecule has 8 nitrogen and oxygen atoms in total. The Labute approximate surface area is 166 Å². The number of aromatic nitrogens is 2. The fraction of sp³-hybridized carbons (Fsp3) is 0.0526. The zero-order valence-corrected chi connectivity index (χ0v) is 15.6. The van der Waals surface area contributed by atoms with Crippen molar-refractivity contribution in [2.75, 3.05) is 5.32 Å². The largest absolute Gasteiger partial charge is 0.493 e. The number of aryl methyl sites for hydroxylation is 1. The molecule has 0 atom stereocenters. The third-order valence-corrected chi connectivity index (χ3v) is 4.02. The Morgan fingerprint density at radius 3 is 2.50 bits per heavy atom. The molecule has 0 aliphatic rings. The van der Waals surface area contributed by atoms with Gasteiger partial charge in [-0.2, -0.15) is 10.2 Å². The first-order valence-electron chi connectivity index (χ1n) is 8.23. The molecular weight excluding hydrogens is 378 g/mol. The number of hydrogen-bond donors (Lipinski definition) is 4. The second-order valence-electron chi connectivity index (χ2n) is 5.78. The molecule has 0 saturated carbocycles. The monoisotopic (exact) mass is 395 g/mol. The fourth-order valence-corrected chi connectivity index (χ4v) is 2.61. The smallest absolute Gasteiger partial charge is 0.335 e. The molecule has 28 heavy (non-hydrogen) atoms. The van der Waals surface area contributed by atoms with Crippen LogP contribution in [-0.4, -0.2) is 37.3 Å². The number of carbonyl (C=O) groups is 1. The van der Waals surface area contributed by atoms with Gasteiger partial charge in [0.2, 0.25) is 5.88 Å². The van der Waals surface area contributed by atoms with Gasteiger partial charge in [0.15, 0.2) is 5.11 Å². The van der Waals surface area contributed by atoms with E-state index < -0.39 is 5.97 Å². The van der Waals surface area contributed by atoms with Gasteiger partial charge in [0.1, 0.15) is 0 Å². The maximum Gasteiger partial charge on any atom is 0.335 e. The first-order chi connectivity index (χ1) is 13.5. The number of hydrogen-bond acceptors (Lipinski definition) is 5. The second kappa shape index (κ2) is 8.31. The maximum absolute atomic E-state index is 10.9. The number of benzene rings is 2. The SMILES string of the molecule is Cc1nn(-c2ccccc2)c(O)c1/C=N/NC(=S)Nc1ccc(C(=O)O)cc1. The molecule has 0 amide bonds. The van der Waals surface area contributed by atoms with Crippen molar-refractivity contribution >= 4 is 35.2 Å². The van der Waals surface area contributed by atoms with Gasteiger partial charge in [-0.3, -0.25) is 5.43 Å². The highest BCUT2D eigenvalue weighted by Crippen LogP contribution is 2.22. The van der Waals surface area contributed by atoms with Crippen LogP contribution in [0.15, 0.2) is 59.7 Å². The van der Waals surface area contributed by atoms with Gasteiger partial charge in [-0.15, -0.1) is 0 Å². The van der Waals surface area contributed by atoms with Crippen molar-refractivity contribution < 1.29 is 15.0 Å². The summed E-state index contributed by atoms with van der Waals surface area (Å²) in [6, 6.07) is 15.4. The Hall–Kier alpha value is -3.72. The highest BCUT2D eigenvalue weighted by atomic mass is 32.1. The van der Waals surface area contributed by atoms with Crippen LogP contribution in [0.4, 0.5) is 5.69 Å². The van der Waals surface area contributed by atoms with Gasteiger partial charge in [0, 0.05) is 5.69 Å². The first kappa shape index (κ1) is 19.1. The average molecular weight is 395 g/mol. The Morgan fingerprint density at radius 1 is 1.18 bits per heavy atom. The van der Waals surface area contributed by atoms with Crippen molar-refractivity contribution in [2.45, 2.75) is 6.92 Å². The lowest BCUT2D eigenvalue weighted by atomic mass is 10.2. The Balaban J connectivity index is 1.65. The molecule has 1 aromatic heterocycles. The fourth-order valence-electron chi connectivity index (χ4n) is 2.44. The number of aromatic carboxylic acids is 1. The zero-order valence-electron chi connectivity index (χ0n) is 14.8. The van der Waals surface area contributed by atoms with Crippen LogP contribution in [-0.2, 0) is 0 Å². The molecule has 0 fully saturated rings. The Kier molecular flexibility index (Phi) is 5.66. The summed E-state index contributed by atoms with van der Waals surface area (Å²) in [5.41, 5.74) is 5.25. The number of para-hydroxylation sites is 1. The minimum atomic E-state index is -0.997. The van der Waals surface area contributed by atoms with Crippen LogP contribution in [0, 0.1) is 6.92 Å². The Morgan fingerprint density at radius 2 is 1.86 bits per heavy atom. The van der Waals surface area contributed by atoms with Gasteiger partial charge < -0.3 is 15.5 Å². The van der Waals surface area contributed by atoms with E-state index in [2.05, 4.69) is 20.9 Å². The summed E-state index contributed by atoms with van der Waals surface area (Å²) in [6.07, 6.45) is 1.43. The molecule has 4 N–H and O–H groups in total. The van der Waals surface area contributed by atoms with Crippen molar-refractivity contribution in [3.63, 3.8) is 0 Å². The van der Waals surface area contributed by atoms with Crippen molar-refractivity contribution in [1.82, 2.24) is 15.2 Å². The van der Waals surface area contributed by atoms with E-state index >= 15 is 0 Å². The van der Waals surface area contributed by atoms with Gasteiger partial charge in [0.25, 0.3) is 0 Å². The summed E-state index contributed by atoms with van der Waals surface area (Å²) in [4.78, 5) is 10.9. The lowest BCUT2D eigenvalue weighted by Crippen LogP contribution is -2.23. The zero-order chi connectivity index (χ0) is 20.1. The number of aromatic hydroxyl groups is 1. The summed E-state index contributed by atoms with van der Waals surface area (Å²) in [7, 11) is 0. The molecule has 142 valence electrons. The molecule has 0 unspecified atom stereocenters. The number of carboxylic acids is 1. The lowest BCUT2D eigenvalue weighted by molar-refractivity contribution is 0.0697. The van der Waals surface area contributed by atoms with E-state index in [4.69, 9.17) is 17.3 Å². The van der Waals surface area contributed by atoms with Crippen molar-refractivity contribution in [2.24, 2.45) is 5.10 Å². The van der Waals surface area contributed by atoms with Crippen molar-refractivity contribution in [3.8, 4) is 11.6 Å². The summed E-state index contributed by atoms with van der Waals surface area (Å²) < 4.78 is 1.43. The van der Waals surface area contributed by atoms with Gasteiger partial charge in [-0.1, -0.05) is 18.2 Å². The van der Waals surface area contributed by atoms with Crippen LogP contribution < -0.4 is 10.7 Å². The summed E-state index contributed by atoms with van der Waals surface area (Å²) in [5.74, 6) is -1.03. The molecule has 3 aromatic rings. The molecule has 9 heteroatoms. The third kappa shape index (κ3) is 4.33. The summed E-state index contributed by atoms with van der Waals surface area (Å²) in [5, 5.41) is 30.8. The van der Waals surface area contributed by atoms with Crippen LogP contribution in [0.2, 0.25) is 0 Å². The van der Waals surface area contributed by atoms with Crippen LogP contribution in [0.3, 0.4) is 0 Å². The lowest BCUT2D eigenvalue weighted by Gasteiger charge is -2.07. The van der Waals surface area contributed by atoms with Crippen molar-refractivity contribution in [3.05, 3.63) is 71.4 Å². The van der Waals surface area contributed by atoms with E-state index in [1.807, 2.05) is 30.3 Å². The Bertz CT molecular complexity index is 1030. The highest BCUT2D eigenvalue weighted by Gasteiger charge is 2.13. The van der Waals surface area contributed by atoms with Gasteiger partial charge in [-0.25, -0.2) is 9.48 Å². The van der Waals surface area contributed by atoms with Crippen molar-refractivity contribution in [1.29, 1.82) is 0 Å². The molecule has 1 heterocycles. The van der Waals surface area contributed by atoms with Crippen LogP contribution in [0.1, 0.15) is 21.6 Å². The number of thiocarbonyl (C=S) groups is 1. The second-order valence-corrected chi connectivity index (χ2v) is 6.18. The van der Waals surface area contributed by atoms with E-state index in [1.165, 1.54) is 23.0 Å². The molecule has 0 saturated heterocycles. The van der Waals surface area contributed by atoms with E-state index in [-0.39, 0.29) is 16.6 Å². The minimum absolute atomic E-state index is 0.0302. The number of nitrogens with zero attached hydrogens (tertiary/aromatic N) is 3. The van der Waals surface area contributed by atoms with Crippen LogP contribution in [0.25, 0.3) is 5.69 Å². The maximum atomic E-state index is 10.9. The average Bonchev–Trinajstić information content (AvgIpc) is 2.97. The summed E-state index contributed by atoms with van der Waals surface area (Å²) >= 11 is 5.15. The summed E-state index contributed by atoms with van der Waals surface area (Å²) in [6.45, 7) is 1.76. The van der Waals surface area contributed by atoms with Crippen LogP contribution in [0.5, 0.6) is 5.88 Å². The molecule has 0 bridgehead atoms. The number of nitrogens with one attached hydrogen (secondary N) is 2. The molecule has 2 aromatic carbocycles. The van der Waals surface area contributed by atoms with Gasteiger partial charge in [0.05, 0.1) is 28.7 Å². The van der Waals surface area contributed by atoms with E-state index in [1.54, 1.807) is 19.1 Å². The van der Waals surface area contributed by atoms with E-state index in [9.17, 15) is 9.90 Å². The number of hydrazone groups is 1. The van der Waals surface area contributed by atoms with Gasteiger partial charge in [-0.05, 0) is 55.5 Å². The molecular formula is C19H17N5O3S. The van der Waals surface area contributed by atoms with E-state index in [0.29, 0.717) is 16.9 Å². The third-order valence-electron chi connectivity index (χ3n) is 3.83. The molecule has 0 aliphatic heterocycles. The molecule has 0 aliphatic carbocycles. The number of carboxylic acid groups (broad SMARTS) is 1. The molecule has 3 rings (SSSR count). The minimum Gasteiger partial charge on any atom is -0.493 e. The predicted molar refractivity (Wildman–Crippen MR) is 110 cm³/mol. The highest BCUT2D eigenvalue weighted by molar-refractivity contribution is 7.80. The number of anilines is 1. The first-order valence-corrected chi connectivity index (χ1v) is 8.64. The molecule has 0 spiro atoms.